The van der Waals surface area contributed by atoms with Crippen LogP contribution in [0.15, 0.2) is 24.3 Å². The molecule has 0 amide bonds. The lowest BCUT2D eigenvalue weighted by Gasteiger charge is -2.26. The number of aliphatic hydroxyl groups is 11. The molecule has 228 valence electrons. The number of ether oxygens (including phenoxy) is 1. The van der Waals surface area contributed by atoms with Gasteiger partial charge in [-0.3, -0.25) is 0 Å². The Morgan fingerprint density at radius 3 is 0.842 bits per heavy atom. The highest BCUT2D eigenvalue weighted by Crippen LogP contribution is 2.15. The van der Waals surface area contributed by atoms with E-state index in [0.29, 0.717) is 0 Å². The summed E-state index contributed by atoms with van der Waals surface area (Å²) in [5, 5.41) is 103. The number of esters is 1. The number of aliphatic carboxylic acids is 1. The van der Waals surface area contributed by atoms with Gasteiger partial charge in [0.25, 0.3) is 0 Å². The fraction of sp³-hybridized carbons (Fsp3) is 0.739. The van der Waals surface area contributed by atoms with Crippen LogP contribution < -0.4 is 0 Å². The topological polar surface area (TPSA) is 286 Å². The van der Waals surface area contributed by atoms with Crippen molar-refractivity contribution < 1.29 is 75.6 Å². The minimum absolute atomic E-state index is 0.176. The maximum atomic E-state index is 11.0. The molecule has 0 aliphatic rings. The molecule has 0 rings (SSSR count). The molecule has 0 aliphatic heterocycles. The van der Waals surface area contributed by atoms with Gasteiger partial charge in [0, 0.05) is 11.1 Å². The van der Waals surface area contributed by atoms with E-state index in [-0.39, 0.29) is 17.8 Å². The molecule has 0 bridgehead atoms. The third-order valence-corrected chi connectivity index (χ3v) is 4.91. The summed E-state index contributed by atoms with van der Waals surface area (Å²) >= 11 is 0. The van der Waals surface area contributed by atoms with Crippen molar-refractivity contribution in [1.29, 1.82) is 0 Å². The van der Waals surface area contributed by atoms with Gasteiger partial charge in [-0.25, -0.2) is 9.59 Å². The normalized spacial score (nSPS) is 11.0. The summed E-state index contributed by atoms with van der Waals surface area (Å²) in [4.78, 5) is 20.6. The molecule has 12 N–H and O–H groups in total. The van der Waals surface area contributed by atoms with E-state index in [1.807, 2.05) is 0 Å². The summed E-state index contributed by atoms with van der Waals surface area (Å²) in [5.74, 6) is -1.54. The molecule has 0 atom stereocenters. The van der Waals surface area contributed by atoms with Crippen LogP contribution in [0.25, 0.3) is 0 Å². The summed E-state index contributed by atoms with van der Waals surface area (Å²) in [6.45, 7) is 4.61. The van der Waals surface area contributed by atoms with Crippen LogP contribution >= 0.6 is 0 Å². The quantitative estimate of drug-likeness (QED) is 0.0662. The molecule has 0 aromatic rings. The van der Waals surface area contributed by atoms with E-state index in [1.54, 1.807) is 0 Å². The molecule has 0 saturated heterocycles. The average molecular weight is 563 g/mol. The van der Waals surface area contributed by atoms with Gasteiger partial charge in [0.1, 0.15) is 6.61 Å². The summed E-state index contributed by atoms with van der Waals surface area (Å²) in [5.41, 5.74) is -2.99. The Labute approximate surface area is 221 Å². The first-order chi connectivity index (χ1) is 17.6. The fourth-order valence-corrected chi connectivity index (χ4v) is 1.23. The Balaban J connectivity index is -0.000000212. The van der Waals surface area contributed by atoms with Gasteiger partial charge < -0.3 is 66.0 Å². The minimum atomic E-state index is -1.18. The van der Waals surface area contributed by atoms with Crippen molar-refractivity contribution in [2.45, 2.75) is 13.8 Å². The van der Waals surface area contributed by atoms with E-state index in [2.05, 4.69) is 13.2 Å². The molecule has 0 fully saturated rings. The molecule has 0 spiro atoms. The SMILES string of the molecule is C=C(C)C(=O)O.C=C(C)C(=O)OCC(CO)(CO)CO.OCC(CO)(CO)CO.OCC(CO)(CO)CO. The Hall–Kier alpha value is -2.02. The van der Waals surface area contributed by atoms with Crippen molar-refractivity contribution in [3.05, 3.63) is 24.3 Å². The van der Waals surface area contributed by atoms with Crippen LogP contribution in [0.4, 0.5) is 0 Å². The molecular weight excluding hydrogens is 516 g/mol. The lowest BCUT2D eigenvalue weighted by molar-refractivity contribution is -0.146. The molecule has 15 heteroatoms. The average Bonchev–Trinajstić information content (AvgIpc) is 2.94. The van der Waals surface area contributed by atoms with Gasteiger partial charge >= 0.3 is 11.9 Å². The van der Waals surface area contributed by atoms with Crippen molar-refractivity contribution in [1.82, 2.24) is 0 Å². The van der Waals surface area contributed by atoms with Gasteiger partial charge in [0.05, 0.1) is 88.9 Å². The first-order valence-corrected chi connectivity index (χ1v) is 11.1. The lowest BCUT2D eigenvalue weighted by Crippen LogP contribution is -2.39. The highest BCUT2D eigenvalue weighted by molar-refractivity contribution is 5.87. The molecule has 0 aromatic heterocycles. The smallest absolute Gasteiger partial charge is 0.333 e. The number of carbonyl (C=O) groups excluding carboxylic acids is 1. The molecule has 0 heterocycles. The maximum Gasteiger partial charge on any atom is 0.333 e. The van der Waals surface area contributed by atoms with Crippen LogP contribution in [0.5, 0.6) is 0 Å². The van der Waals surface area contributed by atoms with Gasteiger partial charge in [-0.05, 0) is 13.8 Å². The van der Waals surface area contributed by atoms with Crippen molar-refractivity contribution in [2.75, 3.05) is 79.3 Å². The van der Waals surface area contributed by atoms with E-state index in [0.717, 1.165) is 0 Å². The van der Waals surface area contributed by atoms with Crippen LogP contribution in [0.2, 0.25) is 0 Å². The van der Waals surface area contributed by atoms with Crippen LogP contribution in [-0.4, -0.2) is 152 Å². The van der Waals surface area contributed by atoms with Crippen molar-refractivity contribution in [2.24, 2.45) is 16.2 Å². The maximum absolute atomic E-state index is 11.0. The molecule has 0 unspecified atom stereocenters. The standard InChI is InChI=1S/C9H16O5.2C5H12O4.C4H6O2/c1-7(2)8(13)14-6-9(3-10,4-11)5-12;2*6-1-5(2-7,3-8)4-9;1-3(2)4(5)6/h10-12H,1,3-6H2,2H3;2*6-9H,1-4H2;1H2,2H3,(H,5,6). The number of rotatable bonds is 15. The zero-order valence-corrected chi connectivity index (χ0v) is 22.0. The monoisotopic (exact) mass is 562 g/mol. The minimum Gasteiger partial charge on any atom is -0.478 e. The number of hydrogen-bond donors (Lipinski definition) is 12. The third kappa shape index (κ3) is 18.3. The predicted molar refractivity (Wildman–Crippen MR) is 133 cm³/mol. The Morgan fingerprint density at radius 1 is 0.526 bits per heavy atom. The second kappa shape index (κ2) is 24.1. The van der Waals surface area contributed by atoms with E-state index in [1.165, 1.54) is 13.8 Å². The molecule has 0 aromatic carbocycles. The van der Waals surface area contributed by atoms with E-state index >= 15 is 0 Å². The van der Waals surface area contributed by atoms with E-state index < -0.39 is 101 Å². The highest BCUT2D eigenvalue weighted by atomic mass is 16.5. The summed E-state index contributed by atoms with van der Waals surface area (Å²) in [6.07, 6.45) is 0. The van der Waals surface area contributed by atoms with Crippen LogP contribution in [-0.2, 0) is 14.3 Å². The summed E-state index contributed by atoms with van der Waals surface area (Å²) < 4.78 is 4.72. The van der Waals surface area contributed by atoms with Gasteiger partial charge in [-0.2, -0.15) is 0 Å². The van der Waals surface area contributed by atoms with Crippen molar-refractivity contribution in [3.63, 3.8) is 0 Å². The molecule has 15 nitrogen and oxygen atoms in total. The second-order valence-electron chi connectivity index (χ2n) is 8.68. The third-order valence-electron chi connectivity index (χ3n) is 4.91. The van der Waals surface area contributed by atoms with E-state index in [4.69, 9.17) is 66.0 Å². The molecule has 0 aliphatic carbocycles. The highest BCUT2D eigenvalue weighted by Gasteiger charge is 2.30. The van der Waals surface area contributed by atoms with Crippen LogP contribution in [0.3, 0.4) is 0 Å². The Morgan fingerprint density at radius 2 is 0.737 bits per heavy atom. The fourth-order valence-electron chi connectivity index (χ4n) is 1.23. The Bertz CT molecular complexity index is 563. The van der Waals surface area contributed by atoms with Gasteiger partial charge in [-0.1, -0.05) is 13.2 Å². The number of carbonyl (C=O) groups is 2. The molecule has 38 heavy (non-hydrogen) atoms. The number of hydrogen-bond acceptors (Lipinski definition) is 14. The van der Waals surface area contributed by atoms with Gasteiger partial charge in [0.15, 0.2) is 0 Å². The Kier molecular flexibility index (Phi) is 27.2. The van der Waals surface area contributed by atoms with Crippen molar-refractivity contribution in [3.8, 4) is 0 Å². The zero-order chi connectivity index (χ0) is 31.0. The van der Waals surface area contributed by atoms with Crippen LogP contribution in [0.1, 0.15) is 13.8 Å². The molecular formula is C23H46O15. The van der Waals surface area contributed by atoms with Crippen LogP contribution in [0, 0.1) is 16.2 Å². The first-order valence-electron chi connectivity index (χ1n) is 11.1. The van der Waals surface area contributed by atoms with Gasteiger partial charge in [0.2, 0.25) is 0 Å². The van der Waals surface area contributed by atoms with Gasteiger partial charge in [-0.15, -0.1) is 0 Å². The molecule has 0 radical (unpaired) electrons. The largest absolute Gasteiger partial charge is 0.478 e. The molecule has 0 saturated carbocycles. The number of carboxylic acid groups (broad SMARTS) is 1. The summed E-state index contributed by atoms with van der Waals surface area (Å²) in [6, 6.07) is 0. The second-order valence-corrected chi connectivity index (χ2v) is 8.68. The predicted octanol–water partition coefficient (Wildman–Crippen LogP) is -4.40. The first kappa shape index (κ1) is 43.0. The number of carboxylic acids is 1. The summed E-state index contributed by atoms with van der Waals surface area (Å²) in [7, 11) is 0. The lowest BCUT2D eigenvalue weighted by atomic mass is 9.93. The number of aliphatic hydroxyl groups excluding tert-OH is 11. The zero-order valence-electron chi connectivity index (χ0n) is 22.0. The van der Waals surface area contributed by atoms with E-state index in [9.17, 15) is 9.59 Å². The van der Waals surface area contributed by atoms with Crippen molar-refractivity contribution >= 4 is 11.9 Å².